The van der Waals surface area contributed by atoms with Crippen LogP contribution >= 0.6 is 23.4 Å². The van der Waals surface area contributed by atoms with Gasteiger partial charge in [-0.3, -0.25) is 0 Å². The van der Waals surface area contributed by atoms with Gasteiger partial charge >= 0.3 is 0 Å². The third-order valence-corrected chi connectivity index (χ3v) is 3.55. The average Bonchev–Trinajstić information content (AvgIpc) is 2.33. The Morgan fingerprint density at radius 2 is 1.81 bits per heavy atom. The van der Waals surface area contributed by atoms with Crippen molar-refractivity contribution < 1.29 is 4.39 Å². The summed E-state index contributed by atoms with van der Waals surface area (Å²) in [4.78, 5) is 2.13. The van der Waals surface area contributed by atoms with Gasteiger partial charge in [0.25, 0.3) is 0 Å². The van der Waals surface area contributed by atoms with Gasteiger partial charge in [-0.05, 0) is 35.9 Å². The van der Waals surface area contributed by atoms with Gasteiger partial charge in [-0.1, -0.05) is 30.0 Å². The van der Waals surface area contributed by atoms with Gasteiger partial charge in [0.2, 0.25) is 0 Å². The standard InChI is InChI=1S/C13H10ClFS/c14-9-10-8-11(15)6-7-13(10)16-12-4-2-1-3-5-12/h1-8H,9H2. The first-order chi connectivity index (χ1) is 7.79. The number of hydrogen-bond donors (Lipinski definition) is 0. The molecule has 0 heterocycles. The molecule has 82 valence electrons. The van der Waals surface area contributed by atoms with Crippen LogP contribution in [0.15, 0.2) is 58.3 Å². The molecule has 2 aromatic carbocycles. The minimum Gasteiger partial charge on any atom is -0.207 e. The van der Waals surface area contributed by atoms with Crippen LogP contribution in [-0.4, -0.2) is 0 Å². The Morgan fingerprint density at radius 3 is 2.50 bits per heavy atom. The monoisotopic (exact) mass is 252 g/mol. The van der Waals surface area contributed by atoms with Crippen LogP contribution in [0.1, 0.15) is 5.56 Å². The normalized spacial score (nSPS) is 10.4. The second kappa shape index (κ2) is 5.37. The Bertz CT molecular complexity index is 471. The molecular weight excluding hydrogens is 243 g/mol. The summed E-state index contributed by atoms with van der Waals surface area (Å²) in [6.07, 6.45) is 0. The highest BCUT2D eigenvalue weighted by molar-refractivity contribution is 7.99. The van der Waals surface area contributed by atoms with Gasteiger partial charge in [0.05, 0.1) is 0 Å². The van der Waals surface area contributed by atoms with E-state index in [1.807, 2.05) is 30.3 Å². The topological polar surface area (TPSA) is 0 Å². The Morgan fingerprint density at radius 1 is 1.06 bits per heavy atom. The highest BCUT2D eigenvalue weighted by Crippen LogP contribution is 2.31. The highest BCUT2D eigenvalue weighted by atomic mass is 35.5. The van der Waals surface area contributed by atoms with Crippen LogP contribution in [0.3, 0.4) is 0 Å². The number of hydrogen-bond acceptors (Lipinski definition) is 1. The molecule has 0 amide bonds. The lowest BCUT2D eigenvalue weighted by Crippen LogP contribution is -1.85. The van der Waals surface area contributed by atoms with Gasteiger partial charge in [0.15, 0.2) is 0 Å². The second-order valence-corrected chi connectivity index (χ2v) is 4.68. The molecule has 0 N–H and O–H groups in total. The van der Waals surface area contributed by atoms with Gasteiger partial charge in [-0.25, -0.2) is 4.39 Å². The first-order valence-electron chi connectivity index (χ1n) is 4.87. The third-order valence-electron chi connectivity index (χ3n) is 2.14. The number of halogens is 2. The molecular formula is C13H10ClFS. The summed E-state index contributed by atoms with van der Waals surface area (Å²) in [6.45, 7) is 0. The van der Waals surface area contributed by atoms with Crippen LogP contribution in [0.5, 0.6) is 0 Å². The van der Waals surface area contributed by atoms with E-state index in [1.54, 1.807) is 17.8 Å². The summed E-state index contributed by atoms with van der Waals surface area (Å²) < 4.78 is 13.0. The zero-order valence-electron chi connectivity index (χ0n) is 8.49. The molecule has 0 saturated heterocycles. The Balaban J connectivity index is 2.28. The van der Waals surface area contributed by atoms with E-state index in [9.17, 15) is 4.39 Å². The van der Waals surface area contributed by atoms with E-state index < -0.39 is 0 Å². The van der Waals surface area contributed by atoms with Crippen molar-refractivity contribution in [3.8, 4) is 0 Å². The van der Waals surface area contributed by atoms with E-state index in [2.05, 4.69) is 0 Å². The maximum Gasteiger partial charge on any atom is 0.123 e. The van der Waals surface area contributed by atoms with Crippen molar-refractivity contribution in [1.82, 2.24) is 0 Å². The van der Waals surface area contributed by atoms with Crippen LogP contribution < -0.4 is 0 Å². The summed E-state index contributed by atoms with van der Waals surface area (Å²) in [5.74, 6) is 0.0838. The van der Waals surface area contributed by atoms with Crippen molar-refractivity contribution in [1.29, 1.82) is 0 Å². The minimum atomic E-state index is -0.243. The second-order valence-electron chi connectivity index (χ2n) is 3.30. The Kier molecular flexibility index (Phi) is 3.86. The molecule has 0 bridgehead atoms. The van der Waals surface area contributed by atoms with Crippen LogP contribution in [0.4, 0.5) is 4.39 Å². The number of rotatable bonds is 3. The lowest BCUT2D eigenvalue weighted by molar-refractivity contribution is 0.625. The largest absolute Gasteiger partial charge is 0.207 e. The lowest BCUT2D eigenvalue weighted by atomic mass is 10.2. The molecule has 2 rings (SSSR count). The molecule has 3 heteroatoms. The summed E-state index contributed by atoms with van der Waals surface area (Å²) in [5, 5.41) is 0. The fourth-order valence-electron chi connectivity index (χ4n) is 1.37. The molecule has 0 saturated carbocycles. The van der Waals surface area contributed by atoms with E-state index >= 15 is 0 Å². The summed E-state index contributed by atoms with van der Waals surface area (Å²) in [5.41, 5.74) is 0.829. The van der Waals surface area contributed by atoms with E-state index in [4.69, 9.17) is 11.6 Å². The van der Waals surface area contributed by atoms with Crippen molar-refractivity contribution in [2.24, 2.45) is 0 Å². The lowest BCUT2D eigenvalue weighted by Gasteiger charge is -2.06. The molecule has 0 fully saturated rings. The van der Waals surface area contributed by atoms with Crippen LogP contribution in [0.2, 0.25) is 0 Å². The molecule has 0 aliphatic rings. The third kappa shape index (κ3) is 2.77. The van der Waals surface area contributed by atoms with Crippen LogP contribution in [-0.2, 0) is 5.88 Å². The van der Waals surface area contributed by atoms with Crippen LogP contribution in [0, 0.1) is 5.82 Å². The molecule has 0 nitrogen and oxygen atoms in total. The maximum absolute atomic E-state index is 13.0. The Hall–Kier alpha value is -0.990. The quantitative estimate of drug-likeness (QED) is 0.713. The SMILES string of the molecule is Fc1ccc(Sc2ccccc2)c(CCl)c1. The van der Waals surface area contributed by atoms with Crippen molar-refractivity contribution >= 4 is 23.4 Å². The van der Waals surface area contributed by atoms with Gasteiger partial charge in [0, 0.05) is 15.7 Å². The molecule has 0 radical (unpaired) electrons. The smallest absolute Gasteiger partial charge is 0.123 e. The summed E-state index contributed by atoms with van der Waals surface area (Å²) in [7, 11) is 0. The fraction of sp³-hybridized carbons (Fsp3) is 0.0769. The molecule has 0 atom stereocenters. The fourth-order valence-corrected chi connectivity index (χ4v) is 2.61. The maximum atomic E-state index is 13.0. The predicted molar refractivity (Wildman–Crippen MR) is 66.5 cm³/mol. The van der Waals surface area contributed by atoms with E-state index in [0.29, 0.717) is 5.88 Å². The van der Waals surface area contributed by atoms with Gasteiger partial charge in [0.1, 0.15) is 5.82 Å². The molecule has 0 aliphatic heterocycles. The molecule has 0 spiro atoms. The molecule has 0 aromatic heterocycles. The minimum absolute atomic E-state index is 0.243. The predicted octanol–water partition coefficient (Wildman–Crippen LogP) is 4.72. The first-order valence-corrected chi connectivity index (χ1v) is 6.22. The van der Waals surface area contributed by atoms with Gasteiger partial charge < -0.3 is 0 Å². The number of benzene rings is 2. The van der Waals surface area contributed by atoms with E-state index in [-0.39, 0.29) is 5.82 Å². The summed E-state index contributed by atoms with van der Waals surface area (Å²) >= 11 is 7.39. The van der Waals surface area contributed by atoms with Crippen molar-refractivity contribution in [3.05, 3.63) is 59.9 Å². The average molecular weight is 253 g/mol. The van der Waals surface area contributed by atoms with E-state index in [0.717, 1.165) is 15.4 Å². The van der Waals surface area contributed by atoms with Gasteiger partial charge in [-0.15, -0.1) is 11.6 Å². The van der Waals surface area contributed by atoms with Crippen molar-refractivity contribution in [2.45, 2.75) is 15.7 Å². The van der Waals surface area contributed by atoms with Crippen LogP contribution in [0.25, 0.3) is 0 Å². The molecule has 0 unspecified atom stereocenters. The Labute approximate surface area is 103 Å². The first kappa shape index (κ1) is 11.5. The zero-order valence-corrected chi connectivity index (χ0v) is 10.1. The molecule has 0 aliphatic carbocycles. The zero-order chi connectivity index (χ0) is 11.4. The van der Waals surface area contributed by atoms with Crippen molar-refractivity contribution in [3.63, 3.8) is 0 Å². The summed E-state index contributed by atoms with van der Waals surface area (Å²) in [6, 6.07) is 14.7. The number of alkyl halides is 1. The van der Waals surface area contributed by atoms with Crippen molar-refractivity contribution in [2.75, 3.05) is 0 Å². The van der Waals surface area contributed by atoms with E-state index in [1.165, 1.54) is 12.1 Å². The van der Waals surface area contributed by atoms with Gasteiger partial charge in [-0.2, -0.15) is 0 Å². The molecule has 2 aromatic rings. The highest BCUT2D eigenvalue weighted by Gasteiger charge is 2.04. The molecule has 16 heavy (non-hydrogen) atoms.